The molecule has 1 aliphatic rings. The van der Waals surface area contributed by atoms with Gasteiger partial charge in [-0.15, -0.1) is 0 Å². The number of ether oxygens (including phenoxy) is 1. The molecule has 110 valence electrons. The van der Waals surface area contributed by atoms with Gasteiger partial charge < -0.3 is 14.7 Å². The quantitative estimate of drug-likeness (QED) is 0.896. The Hall–Kier alpha value is -1.39. The number of likely N-dealkylation sites (tertiary alicyclic amines) is 1. The van der Waals surface area contributed by atoms with Gasteiger partial charge >= 0.3 is 0 Å². The summed E-state index contributed by atoms with van der Waals surface area (Å²) in [5.41, 5.74) is 1.78. The van der Waals surface area contributed by atoms with E-state index in [0.717, 1.165) is 18.5 Å². The van der Waals surface area contributed by atoms with Crippen molar-refractivity contribution >= 4 is 5.91 Å². The number of benzene rings is 1. The van der Waals surface area contributed by atoms with Gasteiger partial charge in [0.1, 0.15) is 0 Å². The van der Waals surface area contributed by atoms with E-state index in [1.165, 1.54) is 0 Å². The van der Waals surface area contributed by atoms with E-state index in [-0.39, 0.29) is 24.5 Å². The van der Waals surface area contributed by atoms with Gasteiger partial charge in [-0.1, -0.05) is 12.1 Å². The standard InChI is InChI=1S/C16H23NO3/c1-12(2)20-11-13-3-5-15(6-4-13)16(19)17-8-7-14(9-17)10-18/h3-6,12,14,18H,7-11H2,1-2H3. The molecule has 0 aromatic heterocycles. The third-order valence-electron chi connectivity index (χ3n) is 3.62. The molecule has 4 nitrogen and oxygen atoms in total. The molecule has 1 heterocycles. The van der Waals surface area contributed by atoms with Gasteiger partial charge in [0, 0.05) is 31.2 Å². The zero-order chi connectivity index (χ0) is 14.5. The van der Waals surface area contributed by atoms with Gasteiger partial charge in [-0.3, -0.25) is 4.79 Å². The van der Waals surface area contributed by atoms with Crippen LogP contribution in [0.5, 0.6) is 0 Å². The van der Waals surface area contributed by atoms with Crippen LogP contribution in [0.3, 0.4) is 0 Å². The first-order valence-electron chi connectivity index (χ1n) is 7.21. The fourth-order valence-electron chi connectivity index (χ4n) is 2.36. The van der Waals surface area contributed by atoms with Crippen molar-refractivity contribution in [3.05, 3.63) is 35.4 Å². The van der Waals surface area contributed by atoms with Crippen LogP contribution in [0, 0.1) is 5.92 Å². The summed E-state index contributed by atoms with van der Waals surface area (Å²) in [5, 5.41) is 9.12. The van der Waals surface area contributed by atoms with E-state index in [0.29, 0.717) is 18.7 Å². The van der Waals surface area contributed by atoms with Gasteiger partial charge in [0.05, 0.1) is 12.7 Å². The number of carbonyl (C=O) groups is 1. The van der Waals surface area contributed by atoms with Gasteiger partial charge in [0.2, 0.25) is 0 Å². The Morgan fingerprint density at radius 3 is 2.65 bits per heavy atom. The number of aliphatic hydroxyl groups excluding tert-OH is 1. The maximum absolute atomic E-state index is 12.3. The molecule has 1 fully saturated rings. The van der Waals surface area contributed by atoms with Gasteiger partial charge in [-0.25, -0.2) is 0 Å². The Morgan fingerprint density at radius 2 is 2.10 bits per heavy atom. The fourth-order valence-corrected chi connectivity index (χ4v) is 2.36. The largest absolute Gasteiger partial charge is 0.396 e. The molecule has 1 atom stereocenters. The topological polar surface area (TPSA) is 49.8 Å². The zero-order valence-corrected chi connectivity index (χ0v) is 12.2. The highest BCUT2D eigenvalue weighted by molar-refractivity contribution is 5.94. The molecule has 1 saturated heterocycles. The van der Waals surface area contributed by atoms with Crippen LogP contribution in [0.25, 0.3) is 0 Å². The first kappa shape index (κ1) is 15.0. The summed E-state index contributed by atoms with van der Waals surface area (Å²) in [4.78, 5) is 14.1. The van der Waals surface area contributed by atoms with Crippen molar-refractivity contribution < 1.29 is 14.6 Å². The molecular weight excluding hydrogens is 254 g/mol. The van der Waals surface area contributed by atoms with E-state index in [1.54, 1.807) is 0 Å². The van der Waals surface area contributed by atoms with Crippen molar-refractivity contribution in [3.8, 4) is 0 Å². The second kappa shape index (κ2) is 6.86. The average molecular weight is 277 g/mol. The number of rotatable bonds is 5. The number of carbonyl (C=O) groups excluding carboxylic acids is 1. The summed E-state index contributed by atoms with van der Waals surface area (Å²) >= 11 is 0. The Balaban J connectivity index is 1.94. The summed E-state index contributed by atoms with van der Waals surface area (Å²) in [6.07, 6.45) is 1.10. The summed E-state index contributed by atoms with van der Waals surface area (Å²) in [6, 6.07) is 7.59. The maximum Gasteiger partial charge on any atom is 0.253 e. The lowest BCUT2D eigenvalue weighted by Gasteiger charge is -2.16. The lowest BCUT2D eigenvalue weighted by atomic mass is 10.1. The Kier molecular flexibility index (Phi) is 5.15. The van der Waals surface area contributed by atoms with Crippen molar-refractivity contribution in [2.45, 2.75) is 33.0 Å². The van der Waals surface area contributed by atoms with Crippen LogP contribution in [0.2, 0.25) is 0 Å². The van der Waals surface area contributed by atoms with Crippen molar-refractivity contribution in [2.24, 2.45) is 5.92 Å². The Labute approximate surface area is 120 Å². The van der Waals surface area contributed by atoms with Crippen LogP contribution in [0.15, 0.2) is 24.3 Å². The molecular formula is C16H23NO3. The third kappa shape index (κ3) is 3.81. The normalized spacial score (nSPS) is 18.8. The van der Waals surface area contributed by atoms with E-state index < -0.39 is 0 Å². The molecule has 20 heavy (non-hydrogen) atoms. The third-order valence-corrected chi connectivity index (χ3v) is 3.62. The highest BCUT2D eigenvalue weighted by atomic mass is 16.5. The zero-order valence-electron chi connectivity index (χ0n) is 12.2. The summed E-state index contributed by atoms with van der Waals surface area (Å²) < 4.78 is 5.53. The summed E-state index contributed by atoms with van der Waals surface area (Å²) in [6.45, 7) is 6.14. The van der Waals surface area contributed by atoms with Crippen LogP contribution in [0.1, 0.15) is 36.2 Å². The Bertz CT molecular complexity index is 442. The summed E-state index contributed by atoms with van der Waals surface area (Å²) in [7, 11) is 0. The number of aliphatic hydroxyl groups is 1. The minimum Gasteiger partial charge on any atom is -0.396 e. The first-order valence-corrected chi connectivity index (χ1v) is 7.21. The molecule has 0 aliphatic carbocycles. The van der Waals surface area contributed by atoms with Gasteiger partial charge in [0.25, 0.3) is 5.91 Å². The molecule has 0 bridgehead atoms. The van der Waals surface area contributed by atoms with E-state index in [9.17, 15) is 4.79 Å². The first-order chi connectivity index (χ1) is 9.60. The number of hydrogen-bond acceptors (Lipinski definition) is 3. The monoisotopic (exact) mass is 277 g/mol. The molecule has 1 amide bonds. The maximum atomic E-state index is 12.3. The van der Waals surface area contributed by atoms with E-state index in [2.05, 4.69) is 0 Å². The SMILES string of the molecule is CC(C)OCc1ccc(C(=O)N2CCC(CO)C2)cc1. The second-order valence-corrected chi connectivity index (χ2v) is 5.65. The average Bonchev–Trinajstić information content (AvgIpc) is 2.94. The molecule has 1 aromatic carbocycles. The van der Waals surface area contributed by atoms with Crippen molar-refractivity contribution in [1.82, 2.24) is 4.90 Å². The molecule has 4 heteroatoms. The van der Waals surface area contributed by atoms with Crippen molar-refractivity contribution in [3.63, 3.8) is 0 Å². The highest BCUT2D eigenvalue weighted by Crippen LogP contribution is 2.18. The predicted molar refractivity (Wildman–Crippen MR) is 77.5 cm³/mol. The minimum atomic E-state index is 0.0530. The predicted octanol–water partition coefficient (Wildman–Crippen LogP) is 2.07. The Morgan fingerprint density at radius 1 is 1.40 bits per heavy atom. The van der Waals surface area contributed by atoms with Crippen molar-refractivity contribution in [1.29, 1.82) is 0 Å². The minimum absolute atomic E-state index is 0.0530. The molecule has 1 aromatic rings. The molecule has 1 N–H and O–H groups in total. The number of hydrogen-bond donors (Lipinski definition) is 1. The van der Waals surface area contributed by atoms with E-state index in [4.69, 9.17) is 9.84 Å². The lowest BCUT2D eigenvalue weighted by Crippen LogP contribution is -2.29. The van der Waals surface area contributed by atoms with Crippen LogP contribution in [-0.2, 0) is 11.3 Å². The highest BCUT2D eigenvalue weighted by Gasteiger charge is 2.26. The van der Waals surface area contributed by atoms with E-state index in [1.807, 2.05) is 43.0 Å². The number of amides is 1. The lowest BCUT2D eigenvalue weighted by molar-refractivity contribution is 0.0656. The van der Waals surface area contributed by atoms with Gasteiger partial charge in [0.15, 0.2) is 0 Å². The molecule has 1 aliphatic heterocycles. The molecule has 0 saturated carbocycles. The van der Waals surface area contributed by atoms with Crippen LogP contribution in [-0.4, -0.2) is 41.7 Å². The molecule has 1 unspecified atom stereocenters. The van der Waals surface area contributed by atoms with Crippen molar-refractivity contribution in [2.75, 3.05) is 19.7 Å². The number of nitrogens with zero attached hydrogens (tertiary/aromatic N) is 1. The fraction of sp³-hybridized carbons (Fsp3) is 0.562. The van der Waals surface area contributed by atoms with Crippen LogP contribution >= 0.6 is 0 Å². The van der Waals surface area contributed by atoms with E-state index >= 15 is 0 Å². The van der Waals surface area contributed by atoms with Gasteiger partial charge in [-0.2, -0.15) is 0 Å². The summed E-state index contributed by atoms with van der Waals surface area (Å²) in [5.74, 6) is 0.287. The molecule has 2 rings (SSSR count). The smallest absolute Gasteiger partial charge is 0.253 e. The molecule has 0 radical (unpaired) electrons. The molecule has 0 spiro atoms. The van der Waals surface area contributed by atoms with Gasteiger partial charge in [-0.05, 0) is 38.0 Å². The second-order valence-electron chi connectivity index (χ2n) is 5.65. The van der Waals surface area contributed by atoms with Crippen LogP contribution in [0.4, 0.5) is 0 Å². The van der Waals surface area contributed by atoms with Crippen LogP contribution < -0.4 is 0 Å².